The van der Waals surface area contributed by atoms with E-state index in [1.165, 1.54) is 0 Å². The first-order valence-electron chi connectivity index (χ1n) is 15.2. The average Bonchev–Trinajstić information content (AvgIpc) is 3.04. The number of ketones is 1. The van der Waals surface area contributed by atoms with Gasteiger partial charge in [0.25, 0.3) is 5.91 Å². The number of nitrogens with zero attached hydrogens (tertiary/aromatic N) is 1. The zero-order chi connectivity index (χ0) is 33.5. The summed E-state index contributed by atoms with van der Waals surface area (Å²) < 4.78 is 0. The van der Waals surface area contributed by atoms with Crippen LogP contribution in [0.3, 0.4) is 0 Å². The highest BCUT2D eigenvalue weighted by atomic mass is 32.1. The first-order chi connectivity index (χ1) is 21.4. The molecule has 3 atom stereocenters. The molecule has 0 aliphatic heterocycles. The van der Waals surface area contributed by atoms with Crippen LogP contribution in [0.25, 0.3) is 0 Å². The molecule has 0 saturated heterocycles. The van der Waals surface area contributed by atoms with E-state index in [1.807, 2.05) is 19.9 Å². The lowest BCUT2D eigenvalue weighted by molar-refractivity contribution is -0.139. The molecule has 45 heavy (non-hydrogen) atoms. The predicted molar refractivity (Wildman–Crippen MR) is 178 cm³/mol. The van der Waals surface area contributed by atoms with Gasteiger partial charge >= 0.3 is 0 Å². The zero-order valence-corrected chi connectivity index (χ0v) is 27.4. The number of rotatable bonds is 19. The van der Waals surface area contributed by atoms with E-state index in [0.29, 0.717) is 62.1 Å². The third kappa shape index (κ3) is 11.3. The second-order valence-electron chi connectivity index (χ2n) is 11.9. The van der Waals surface area contributed by atoms with E-state index in [-0.39, 0.29) is 36.3 Å². The lowest BCUT2D eigenvalue weighted by atomic mass is 9.67. The Morgan fingerprint density at radius 3 is 1.93 bits per heavy atom. The Balaban J connectivity index is 1.92. The van der Waals surface area contributed by atoms with E-state index >= 15 is 0 Å². The van der Waals surface area contributed by atoms with E-state index in [1.54, 1.807) is 62.4 Å². The lowest BCUT2D eigenvalue weighted by Crippen LogP contribution is -2.48. The van der Waals surface area contributed by atoms with E-state index in [9.17, 15) is 24.0 Å². The second kappa shape index (κ2) is 17.9. The average molecular weight is 636 g/mol. The van der Waals surface area contributed by atoms with Crippen LogP contribution < -0.4 is 21.7 Å². The number of nitrogens with one attached hydrogen (secondary N) is 3. The molecule has 0 aliphatic rings. The van der Waals surface area contributed by atoms with Crippen LogP contribution in [0.2, 0.25) is 0 Å². The van der Waals surface area contributed by atoms with Crippen LogP contribution in [-0.4, -0.2) is 60.8 Å². The summed E-state index contributed by atoms with van der Waals surface area (Å²) in [6.45, 7) is 8.60. The Bertz CT molecular complexity index is 1380. The lowest BCUT2D eigenvalue weighted by Gasteiger charge is -2.38. The van der Waals surface area contributed by atoms with Crippen LogP contribution in [0.4, 0.5) is 0 Å². The van der Waals surface area contributed by atoms with E-state index in [0.717, 1.165) is 0 Å². The summed E-state index contributed by atoms with van der Waals surface area (Å²) in [5, 5.41) is 11.0. The molecule has 0 heterocycles. The van der Waals surface area contributed by atoms with Gasteiger partial charge in [-0.15, -0.1) is 0 Å². The van der Waals surface area contributed by atoms with Crippen molar-refractivity contribution in [3.05, 3.63) is 71.3 Å². The Kier molecular flexibility index (Phi) is 14.7. The molecule has 2 aromatic rings. The van der Waals surface area contributed by atoms with Crippen LogP contribution in [0.15, 0.2) is 59.6 Å². The minimum atomic E-state index is -1.03. The number of nitrogens with two attached hydrogens (primary N) is 1. The van der Waals surface area contributed by atoms with E-state index in [4.69, 9.17) is 5.73 Å². The van der Waals surface area contributed by atoms with E-state index in [2.05, 4.69) is 38.3 Å². The molecule has 2 rings (SSSR count). The van der Waals surface area contributed by atoms with Crippen molar-refractivity contribution in [2.24, 2.45) is 27.5 Å². The van der Waals surface area contributed by atoms with Gasteiger partial charge in [-0.3, -0.25) is 24.0 Å². The molecule has 11 heteroatoms. The number of carbonyl (C=O) groups excluding carboxylic acids is 5. The smallest absolute Gasteiger partial charge is 0.251 e. The van der Waals surface area contributed by atoms with E-state index < -0.39 is 22.7 Å². The number of thiocarbonyl (C=S) groups is 1. The van der Waals surface area contributed by atoms with Gasteiger partial charge < -0.3 is 21.7 Å². The summed E-state index contributed by atoms with van der Waals surface area (Å²) in [4.78, 5) is 67.7. The quantitative estimate of drug-likeness (QED) is 0.0788. The topological polar surface area (TPSA) is 160 Å². The molecule has 2 aromatic carbocycles. The fourth-order valence-electron chi connectivity index (χ4n) is 5.20. The molecule has 0 aromatic heterocycles. The molecule has 0 spiro atoms. The Morgan fingerprint density at radius 2 is 1.36 bits per heavy atom. The van der Waals surface area contributed by atoms with Crippen molar-refractivity contribution >= 4 is 46.8 Å². The number of amides is 4. The van der Waals surface area contributed by atoms with Gasteiger partial charge in [-0.1, -0.05) is 70.2 Å². The van der Waals surface area contributed by atoms with Crippen LogP contribution in [0, 0.1) is 16.7 Å². The predicted octanol–water partition coefficient (Wildman–Crippen LogP) is 4.09. The molecule has 0 fully saturated rings. The third-order valence-electron chi connectivity index (χ3n) is 8.07. The molecule has 10 nitrogen and oxygen atoms in total. The van der Waals surface area contributed by atoms with Gasteiger partial charge in [0.1, 0.15) is 0 Å². The van der Waals surface area contributed by atoms with Crippen LogP contribution in [0.1, 0.15) is 86.1 Å². The molecule has 0 saturated carbocycles. The Hall–Kier alpha value is -4.21. The van der Waals surface area contributed by atoms with Gasteiger partial charge in [-0.2, -0.15) is 0 Å². The minimum absolute atomic E-state index is 0.117. The summed E-state index contributed by atoms with van der Waals surface area (Å²) in [6, 6.07) is 15.4. The maximum Gasteiger partial charge on any atom is 0.251 e. The number of benzene rings is 2. The van der Waals surface area contributed by atoms with Crippen molar-refractivity contribution < 1.29 is 24.0 Å². The Morgan fingerprint density at radius 1 is 0.822 bits per heavy atom. The highest BCUT2D eigenvalue weighted by molar-refractivity contribution is 7.78. The SMILES string of the molecule is CCC(C)(CC(C)(CC(C)C(N)=O)C(=O)NCCCN=C=S)C(=O)NCCCNC(=O)c1ccc(C(=O)c2ccccc2)cc1. The van der Waals surface area contributed by atoms with Gasteiger partial charge in [-0.25, -0.2) is 4.99 Å². The zero-order valence-electron chi connectivity index (χ0n) is 26.6. The second-order valence-corrected chi connectivity index (χ2v) is 12.1. The number of hydrogen-bond acceptors (Lipinski definition) is 7. The minimum Gasteiger partial charge on any atom is -0.369 e. The number of carbonyl (C=O) groups is 5. The highest BCUT2D eigenvalue weighted by Gasteiger charge is 2.44. The summed E-state index contributed by atoms with van der Waals surface area (Å²) in [7, 11) is 0. The molecular formula is C34H45N5O5S. The van der Waals surface area contributed by atoms with Crippen molar-refractivity contribution in [1.29, 1.82) is 0 Å². The highest BCUT2D eigenvalue weighted by Crippen LogP contribution is 2.41. The van der Waals surface area contributed by atoms with Gasteiger partial charge in [0, 0.05) is 53.1 Å². The van der Waals surface area contributed by atoms with Crippen LogP contribution in [-0.2, 0) is 14.4 Å². The monoisotopic (exact) mass is 635 g/mol. The molecule has 3 unspecified atom stereocenters. The largest absolute Gasteiger partial charge is 0.369 e. The molecular weight excluding hydrogens is 590 g/mol. The maximum absolute atomic E-state index is 13.4. The van der Waals surface area contributed by atoms with Crippen molar-refractivity contribution in [3.63, 3.8) is 0 Å². The van der Waals surface area contributed by atoms with Crippen molar-refractivity contribution in [2.75, 3.05) is 26.2 Å². The van der Waals surface area contributed by atoms with Gasteiger partial charge in [0.05, 0.1) is 11.7 Å². The van der Waals surface area contributed by atoms with Crippen molar-refractivity contribution in [1.82, 2.24) is 16.0 Å². The summed E-state index contributed by atoms with van der Waals surface area (Å²) in [5.74, 6) is -1.93. The van der Waals surface area contributed by atoms with Gasteiger partial charge in [-0.05, 0) is 56.5 Å². The summed E-state index contributed by atoms with van der Waals surface area (Å²) in [6.07, 6.45) is 1.95. The van der Waals surface area contributed by atoms with Crippen molar-refractivity contribution in [2.45, 2.75) is 59.8 Å². The number of aliphatic imine (C=N–C) groups is 1. The number of isothiocyanates is 1. The summed E-state index contributed by atoms with van der Waals surface area (Å²) in [5.41, 5.74) is 5.10. The van der Waals surface area contributed by atoms with Crippen LogP contribution >= 0.6 is 12.2 Å². The number of primary amides is 1. The Labute approximate surface area is 271 Å². The summed E-state index contributed by atoms with van der Waals surface area (Å²) >= 11 is 4.57. The van der Waals surface area contributed by atoms with Gasteiger partial charge in [0.15, 0.2) is 5.78 Å². The molecule has 0 aliphatic carbocycles. The molecule has 242 valence electrons. The third-order valence-corrected chi connectivity index (χ3v) is 8.20. The molecule has 0 radical (unpaired) electrons. The fraction of sp³-hybridized carbons (Fsp3) is 0.471. The molecule has 5 N–H and O–H groups in total. The fourth-order valence-corrected chi connectivity index (χ4v) is 5.30. The first kappa shape index (κ1) is 37.0. The first-order valence-corrected chi connectivity index (χ1v) is 15.6. The standard InChI is InChI=1S/C34H45N5O5S/c1-5-33(3,22-34(4,21-24(2)29(35)41)32(44)39-19-9-17-36-23-45)31(43)38-20-10-18-37-30(42)27-15-13-26(14-16-27)28(40)25-11-7-6-8-12-25/h6-8,11-16,24H,5,9-10,17-22H2,1-4H3,(H2,35,41)(H,37,42)(H,38,43)(H,39,44). The van der Waals surface area contributed by atoms with Crippen LogP contribution in [0.5, 0.6) is 0 Å². The normalized spacial score (nSPS) is 14.0. The maximum atomic E-state index is 13.4. The number of hydrogen-bond donors (Lipinski definition) is 4. The van der Waals surface area contributed by atoms with Crippen molar-refractivity contribution in [3.8, 4) is 0 Å². The van der Waals surface area contributed by atoms with Gasteiger partial charge in [0.2, 0.25) is 17.7 Å². The molecule has 0 bridgehead atoms. The molecule has 4 amide bonds.